The standard InChI is InChI=1S/C9H16N4O/c1-6(2)8(9(10)14)12-4-7-3-11-5-13-7/h3,5-6,8,12H,4H2,1-2H3,(H2,10,14)(H,11,13). The van der Waals surface area contributed by atoms with E-state index in [4.69, 9.17) is 5.73 Å². The van der Waals surface area contributed by atoms with Crippen LogP contribution in [-0.4, -0.2) is 21.9 Å². The van der Waals surface area contributed by atoms with Crippen molar-refractivity contribution in [3.63, 3.8) is 0 Å². The number of primary amides is 1. The Balaban J connectivity index is 2.45. The Morgan fingerprint density at radius 2 is 2.43 bits per heavy atom. The molecule has 1 heterocycles. The van der Waals surface area contributed by atoms with Crippen LogP contribution in [-0.2, 0) is 11.3 Å². The highest BCUT2D eigenvalue weighted by Crippen LogP contribution is 2.02. The van der Waals surface area contributed by atoms with Crippen molar-refractivity contribution in [3.8, 4) is 0 Å². The van der Waals surface area contributed by atoms with Crippen LogP contribution in [0.3, 0.4) is 0 Å². The molecule has 0 aromatic carbocycles. The summed E-state index contributed by atoms with van der Waals surface area (Å²) in [5.74, 6) is -0.130. The highest BCUT2D eigenvalue weighted by molar-refractivity contribution is 5.80. The maximum absolute atomic E-state index is 11.0. The predicted molar refractivity (Wildman–Crippen MR) is 53.2 cm³/mol. The van der Waals surface area contributed by atoms with Crippen LogP contribution in [0.15, 0.2) is 12.5 Å². The zero-order valence-electron chi connectivity index (χ0n) is 8.45. The number of aromatic nitrogens is 2. The molecule has 0 aliphatic carbocycles. The van der Waals surface area contributed by atoms with Crippen molar-refractivity contribution in [2.45, 2.75) is 26.4 Å². The second-order valence-electron chi connectivity index (χ2n) is 3.58. The highest BCUT2D eigenvalue weighted by atomic mass is 16.1. The van der Waals surface area contributed by atoms with Gasteiger partial charge in [-0.15, -0.1) is 0 Å². The quantitative estimate of drug-likeness (QED) is 0.620. The molecule has 0 spiro atoms. The summed E-state index contributed by atoms with van der Waals surface area (Å²) in [4.78, 5) is 17.9. The van der Waals surface area contributed by atoms with Crippen molar-refractivity contribution in [3.05, 3.63) is 18.2 Å². The molecular weight excluding hydrogens is 180 g/mol. The van der Waals surface area contributed by atoms with Gasteiger partial charge in [0.25, 0.3) is 0 Å². The lowest BCUT2D eigenvalue weighted by Gasteiger charge is -2.18. The molecule has 0 aliphatic rings. The van der Waals surface area contributed by atoms with Gasteiger partial charge in [-0.1, -0.05) is 13.8 Å². The molecule has 1 atom stereocenters. The normalized spacial score (nSPS) is 13.1. The van der Waals surface area contributed by atoms with E-state index in [0.29, 0.717) is 6.54 Å². The van der Waals surface area contributed by atoms with Gasteiger partial charge in [0.15, 0.2) is 0 Å². The summed E-state index contributed by atoms with van der Waals surface area (Å²) < 4.78 is 0. The molecule has 78 valence electrons. The molecule has 1 unspecified atom stereocenters. The van der Waals surface area contributed by atoms with Gasteiger partial charge in [0.1, 0.15) is 0 Å². The molecule has 5 heteroatoms. The van der Waals surface area contributed by atoms with Crippen LogP contribution < -0.4 is 11.1 Å². The van der Waals surface area contributed by atoms with Crippen molar-refractivity contribution in [1.29, 1.82) is 0 Å². The van der Waals surface area contributed by atoms with Gasteiger partial charge in [-0.2, -0.15) is 0 Å². The molecule has 14 heavy (non-hydrogen) atoms. The largest absolute Gasteiger partial charge is 0.368 e. The van der Waals surface area contributed by atoms with Gasteiger partial charge in [0.05, 0.1) is 12.4 Å². The Bertz CT molecular complexity index is 281. The van der Waals surface area contributed by atoms with Crippen molar-refractivity contribution >= 4 is 5.91 Å². The average molecular weight is 196 g/mol. The molecule has 0 bridgehead atoms. The fraction of sp³-hybridized carbons (Fsp3) is 0.556. The van der Waals surface area contributed by atoms with Gasteiger partial charge in [-0.05, 0) is 5.92 Å². The maximum Gasteiger partial charge on any atom is 0.234 e. The molecular formula is C9H16N4O. The Morgan fingerprint density at radius 3 is 2.86 bits per heavy atom. The first kappa shape index (κ1) is 10.7. The van der Waals surface area contributed by atoms with E-state index < -0.39 is 0 Å². The summed E-state index contributed by atoms with van der Waals surface area (Å²) in [6.07, 6.45) is 3.32. The van der Waals surface area contributed by atoms with Gasteiger partial charge in [-0.3, -0.25) is 10.1 Å². The lowest BCUT2D eigenvalue weighted by atomic mass is 10.0. The van der Waals surface area contributed by atoms with Gasteiger partial charge in [-0.25, -0.2) is 4.98 Å². The average Bonchev–Trinajstić information content (AvgIpc) is 2.55. The van der Waals surface area contributed by atoms with E-state index in [1.807, 2.05) is 13.8 Å². The van der Waals surface area contributed by atoms with E-state index in [1.54, 1.807) is 12.5 Å². The molecule has 0 fully saturated rings. The number of carbonyl (C=O) groups is 1. The third-order valence-electron chi connectivity index (χ3n) is 2.04. The zero-order chi connectivity index (χ0) is 10.6. The maximum atomic E-state index is 11.0. The van der Waals surface area contributed by atoms with Crippen LogP contribution in [0.4, 0.5) is 0 Å². The third kappa shape index (κ3) is 2.85. The van der Waals surface area contributed by atoms with Crippen molar-refractivity contribution in [2.24, 2.45) is 11.7 Å². The van der Waals surface area contributed by atoms with Crippen LogP contribution in [0.5, 0.6) is 0 Å². The number of amides is 1. The third-order valence-corrected chi connectivity index (χ3v) is 2.04. The monoisotopic (exact) mass is 196 g/mol. The predicted octanol–water partition coefficient (Wildman–Crippen LogP) is 0.00920. The van der Waals surface area contributed by atoms with E-state index >= 15 is 0 Å². The molecule has 1 amide bonds. The molecule has 0 saturated heterocycles. The fourth-order valence-electron chi connectivity index (χ4n) is 1.27. The topological polar surface area (TPSA) is 83.8 Å². The zero-order valence-corrected chi connectivity index (χ0v) is 8.45. The number of imidazole rings is 1. The number of hydrogen-bond donors (Lipinski definition) is 3. The van der Waals surface area contributed by atoms with E-state index in [1.165, 1.54) is 0 Å². The van der Waals surface area contributed by atoms with E-state index in [9.17, 15) is 4.79 Å². The first-order valence-corrected chi connectivity index (χ1v) is 4.61. The minimum atomic E-state index is -0.320. The molecule has 0 aliphatic heterocycles. The Labute approximate surface area is 83.1 Å². The number of aromatic amines is 1. The minimum Gasteiger partial charge on any atom is -0.368 e. The first-order chi connectivity index (χ1) is 6.61. The van der Waals surface area contributed by atoms with Crippen molar-refractivity contribution in [1.82, 2.24) is 15.3 Å². The molecule has 0 radical (unpaired) electrons. The van der Waals surface area contributed by atoms with E-state index in [2.05, 4.69) is 15.3 Å². The number of rotatable bonds is 5. The second-order valence-corrected chi connectivity index (χ2v) is 3.58. The van der Waals surface area contributed by atoms with Crippen LogP contribution in [0.25, 0.3) is 0 Å². The SMILES string of the molecule is CC(C)C(NCc1cnc[nH]1)C(N)=O. The summed E-state index contributed by atoms with van der Waals surface area (Å²) in [5.41, 5.74) is 6.19. The highest BCUT2D eigenvalue weighted by Gasteiger charge is 2.18. The van der Waals surface area contributed by atoms with Crippen LogP contribution in [0.1, 0.15) is 19.5 Å². The molecule has 5 nitrogen and oxygen atoms in total. The lowest BCUT2D eigenvalue weighted by molar-refractivity contribution is -0.121. The number of nitrogens with one attached hydrogen (secondary N) is 2. The molecule has 1 aromatic rings. The van der Waals surface area contributed by atoms with Crippen LogP contribution >= 0.6 is 0 Å². The first-order valence-electron chi connectivity index (χ1n) is 4.61. The van der Waals surface area contributed by atoms with Crippen LogP contribution in [0, 0.1) is 5.92 Å². The van der Waals surface area contributed by atoms with E-state index in [-0.39, 0.29) is 17.9 Å². The smallest absolute Gasteiger partial charge is 0.234 e. The summed E-state index contributed by atoms with van der Waals surface area (Å²) in [5, 5.41) is 3.08. The van der Waals surface area contributed by atoms with Gasteiger partial charge in [0, 0.05) is 18.4 Å². The molecule has 1 aromatic heterocycles. The second kappa shape index (κ2) is 4.76. The fourth-order valence-corrected chi connectivity index (χ4v) is 1.27. The number of nitrogens with zero attached hydrogens (tertiary/aromatic N) is 1. The van der Waals surface area contributed by atoms with Crippen LogP contribution in [0.2, 0.25) is 0 Å². The molecule has 1 rings (SSSR count). The van der Waals surface area contributed by atoms with Gasteiger partial charge >= 0.3 is 0 Å². The lowest BCUT2D eigenvalue weighted by Crippen LogP contribution is -2.44. The minimum absolute atomic E-state index is 0.190. The molecule has 0 saturated carbocycles. The summed E-state index contributed by atoms with van der Waals surface area (Å²) in [6, 6.07) is -0.293. The number of H-pyrrole nitrogens is 1. The van der Waals surface area contributed by atoms with Gasteiger partial charge < -0.3 is 10.7 Å². The van der Waals surface area contributed by atoms with Crippen molar-refractivity contribution in [2.75, 3.05) is 0 Å². The summed E-state index contributed by atoms with van der Waals surface area (Å²) in [6.45, 7) is 4.48. The summed E-state index contributed by atoms with van der Waals surface area (Å²) in [7, 11) is 0. The molecule has 4 N–H and O–H groups in total. The van der Waals surface area contributed by atoms with E-state index in [0.717, 1.165) is 5.69 Å². The number of nitrogens with two attached hydrogens (primary N) is 1. The number of hydrogen-bond acceptors (Lipinski definition) is 3. The Morgan fingerprint density at radius 1 is 1.71 bits per heavy atom. The Hall–Kier alpha value is -1.36. The number of carbonyl (C=O) groups excluding carboxylic acids is 1. The summed E-state index contributed by atoms with van der Waals surface area (Å²) >= 11 is 0. The van der Waals surface area contributed by atoms with Crippen molar-refractivity contribution < 1.29 is 4.79 Å². The van der Waals surface area contributed by atoms with Gasteiger partial charge in [0.2, 0.25) is 5.91 Å². The Kier molecular flexibility index (Phi) is 3.64.